The molecule has 1 aliphatic heterocycles. The number of piperidine rings is 1. The van der Waals surface area contributed by atoms with Crippen LogP contribution in [0.4, 0.5) is 5.69 Å². The Balaban J connectivity index is 2.05. The number of aryl methyl sites for hydroxylation is 1. The van der Waals surface area contributed by atoms with Crippen molar-refractivity contribution < 1.29 is 9.90 Å². The van der Waals surface area contributed by atoms with E-state index >= 15 is 0 Å². The van der Waals surface area contributed by atoms with Crippen LogP contribution < -0.4 is 5.32 Å². The van der Waals surface area contributed by atoms with Gasteiger partial charge in [-0.05, 0) is 37.8 Å². The van der Waals surface area contributed by atoms with Crippen molar-refractivity contribution in [2.45, 2.75) is 39.2 Å². The van der Waals surface area contributed by atoms with Crippen molar-refractivity contribution in [2.75, 3.05) is 25.0 Å². The second kappa shape index (κ2) is 6.48. The molecule has 1 aliphatic rings. The number of carboxylic acids is 1. The third-order valence-electron chi connectivity index (χ3n) is 4.18. The summed E-state index contributed by atoms with van der Waals surface area (Å²) in [6, 6.07) is 7.93. The summed E-state index contributed by atoms with van der Waals surface area (Å²) in [5.41, 5.74) is 1.24. The maximum absolute atomic E-state index is 11.8. The van der Waals surface area contributed by atoms with Crippen LogP contribution in [0.5, 0.6) is 0 Å². The maximum Gasteiger partial charge on any atom is 0.329 e. The Morgan fingerprint density at radius 1 is 1.29 bits per heavy atom. The molecule has 2 rings (SSSR count). The molecule has 1 aromatic rings. The van der Waals surface area contributed by atoms with Crippen molar-refractivity contribution in [3.05, 3.63) is 29.8 Å². The number of likely N-dealkylation sites (tertiary alicyclic amines) is 1. The maximum atomic E-state index is 11.8. The van der Waals surface area contributed by atoms with E-state index < -0.39 is 11.5 Å². The third-order valence-corrected chi connectivity index (χ3v) is 4.18. The average Bonchev–Trinajstić information content (AvgIpc) is 2.43. The highest BCUT2D eigenvalue weighted by Crippen LogP contribution is 2.28. The van der Waals surface area contributed by atoms with Gasteiger partial charge in [0.1, 0.15) is 5.54 Å². The lowest BCUT2D eigenvalue weighted by Gasteiger charge is -2.40. The number of carboxylic acid groups (broad SMARTS) is 1. The fraction of sp³-hybridized carbons (Fsp3) is 0.588. The Morgan fingerprint density at radius 3 is 2.33 bits per heavy atom. The second-order valence-electron chi connectivity index (χ2n) is 6.57. The largest absolute Gasteiger partial charge is 0.480 e. The third kappa shape index (κ3) is 3.97. The lowest BCUT2D eigenvalue weighted by Crippen LogP contribution is -2.54. The van der Waals surface area contributed by atoms with Crippen LogP contribution in [0.2, 0.25) is 0 Å². The molecule has 0 aliphatic carbocycles. The average molecular weight is 290 g/mol. The number of carbonyl (C=O) groups is 1. The summed E-state index contributed by atoms with van der Waals surface area (Å²) in [6.07, 6.45) is 1.28. The van der Waals surface area contributed by atoms with Gasteiger partial charge < -0.3 is 15.3 Å². The van der Waals surface area contributed by atoms with Crippen LogP contribution in [0.3, 0.4) is 0 Å². The van der Waals surface area contributed by atoms with E-state index in [1.807, 2.05) is 31.2 Å². The number of rotatable bonds is 5. The van der Waals surface area contributed by atoms with Gasteiger partial charge >= 0.3 is 5.97 Å². The predicted molar refractivity (Wildman–Crippen MR) is 85.7 cm³/mol. The molecule has 4 heteroatoms. The summed E-state index contributed by atoms with van der Waals surface area (Å²) >= 11 is 0. The number of nitrogens with zero attached hydrogens (tertiary/aromatic N) is 1. The zero-order chi connectivity index (χ0) is 15.5. The molecule has 1 fully saturated rings. The normalized spacial score (nSPS) is 18.7. The van der Waals surface area contributed by atoms with Crippen molar-refractivity contribution in [3.63, 3.8) is 0 Å². The molecule has 0 spiro atoms. The molecule has 2 N–H and O–H groups in total. The standard InChI is InChI=1S/C17H26N2O2/c1-13(2)12-19-10-8-17(9-11-19,16(20)21)18-15-6-4-14(3)5-7-15/h4-7,13,18H,8-12H2,1-3H3,(H,20,21). The summed E-state index contributed by atoms with van der Waals surface area (Å²) < 4.78 is 0. The van der Waals surface area contributed by atoms with E-state index in [1.54, 1.807) is 0 Å². The van der Waals surface area contributed by atoms with E-state index in [-0.39, 0.29) is 0 Å². The second-order valence-corrected chi connectivity index (χ2v) is 6.57. The molecule has 116 valence electrons. The Bertz CT molecular complexity index is 474. The van der Waals surface area contributed by atoms with Crippen LogP contribution >= 0.6 is 0 Å². The van der Waals surface area contributed by atoms with Gasteiger partial charge in [-0.25, -0.2) is 4.79 Å². The number of hydrogen-bond donors (Lipinski definition) is 2. The zero-order valence-corrected chi connectivity index (χ0v) is 13.2. The van der Waals surface area contributed by atoms with Gasteiger partial charge in [-0.2, -0.15) is 0 Å². The lowest BCUT2D eigenvalue weighted by atomic mass is 9.86. The molecule has 4 nitrogen and oxygen atoms in total. The van der Waals surface area contributed by atoms with E-state index in [2.05, 4.69) is 24.1 Å². The number of hydrogen-bond acceptors (Lipinski definition) is 3. The quantitative estimate of drug-likeness (QED) is 0.875. The number of anilines is 1. The van der Waals surface area contributed by atoms with Gasteiger partial charge in [0.2, 0.25) is 0 Å². The first-order valence-corrected chi connectivity index (χ1v) is 7.72. The monoisotopic (exact) mass is 290 g/mol. The summed E-state index contributed by atoms with van der Waals surface area (Å²) in [5, 5.41) is 13.0. The molecular weight excluding hydrogens is 264 g/mol. The highest BCUT2D eigenvalue weighted by Gasteiger charge is 2.41. The van der Waals surface area contributed by atoms with Crippen LogP contribution in [0.1, 0.15) is 32.3 Å². The van der Waals surface area contributed by atoms with Gasteiger partial charge in [-0.3, -0.25) is 0 Å². The van der Waals surface area contributed by atoms with Crippen LogP contribution in [0.15, 0.2) is 24.3 Å². The van der Waals surface area contributed by atoms with E-state index in [0.29, 0.717) is 18.8 Å². The van der Waals surface area contributed by atoms with Crippen LogP contribution in [-0.4, -0.2) is 41.1 Å². The molecule has 21 heavy (non-hydrogen) atoms. The predicted octanol–water partition coefficient (Wildman–Crippen LogP) is 2.98. The highest BCUT2D eigenvalue weighted by atomic mass is 16.4. The fourth-order valence-corrected chi connectivity index (χ4v) is 2.94. The Labute approximate surface area is 127 Å². The van der Waals surface area contributed by atoms with Crippen molar-refractivity contribution in [1.82, 2.24) is 4.90 Å². The molecule has 1 saturated heterocycles. The van der Waals surface area contributed by atoms with Crippen LogP contribution in [-0.2, 0) is 4.79 Å². The van der Waals surface area contributed by atoms with Gasteiger partial charge in [0.15, 0.2) is 0 Å². The topological polar surface area (TPSA) is 52.6 Å². The van der Waals surface area contributed by atoms with Crippen molar-refractivity contribution >= 4 is 11.7 Å². The van der Waals surface area contributed by atoms with Gasteiger partial charge in [-0.1, -0.05) is 31.5 Å². The van der Waals surface area contributed by atoms with Crippen molar-refractivity contribution in [1.29, 1.82) is 0 Å². The summed E-state index contributed by atoms with van der Waals surface area (Å²) in [5.74, 6) is -0.125. The van der Waals surface area contributed by atoms with Crippen LogP contribution in [0, 0.1) is 12.8 Å². The molecule has 0 amide bonds. The molecule has 0 unspecified atom stereocenters. The molecule has 0 bridgehead atoms. The van der Waals surface area contributed by atoms with Gasteiger partial charge in [0.25, 0.3) is 0 Å². The SMILES string of the molecule is Cc1ccc(NC2(C(=O)O)CCN(CC(C)C)CC2)cc1. The van der Waals surface area contributed by atoms with Crippen LogP contribution in [0.25, 0.3) is 0 Å². The fourth-order valence-electron chi connectivity index (χ4n) is 2.94. The van der Waals surface area contributed by atoms with Crippen molar-refractivity contribution in [3.8, 4) is 0 Å². The Morgan fingerprint density at radius 2 is 1.86 bits per heavy atom. The molecular formula is C17H26N2O2. The minimum atomic E-state index is -0.831. The molecule has 0 radical (unpaired) electrons. The molecule has 0 atom stereocenters. The van der Waals surface area contributed by atoms with E-state index in [9.17, 15) is 9.90 Å². The van der Waals surface area contributed by atoms with Gasteiger partial charge in [-0.15, -0.1) is 0 Å². The molecule has 0 aromatic heterocycles. The highest BCUT2D eigenvalue weighted by molar-refractivity contribution is 5.83. The molecule has 0 saturated carbocycles. The number of aliphatic carboxylic acids is 1. The first-order chi connectivity index (χ1) is 9.91. The lowest BCUT2D eigenvalue weighted by molar-refractivity contribution is -0.144. The summed E-state index contributed by atoms with van der Waals surface area (Å²) in [6.45, 7) is 9.14. The summed E-state index contributed by atoms with van der Waals surface area (Å²) in [7, 11) is 0. The molecule has 1 heterocycles. The van der Waals surface area contributed by atoms with Crippen molar-refractivity contribution in [2.24, 2.45) is 5.92 Å². The number of nitrogens with one attached hydrogen (secondary N) is 1. The zero-order valence-electron chi connectivity index (χ0n) is 13.2. The van der Waals surface area contributed by atoms with E-state index in [4.69, 9.17) is 0 Å². The molecule has 1 aromatic carbocycles. The Hall–Kier alpha value is -1.55. The minimum Gasteiger partial charge on any atom is -0.480 e. The van der Waals surface area contributed by atoms with E-state index in [0.717, 1.165) is 25.3 Å². The summed E-state index contributed by atoms with van der Waals surface area (Å²) in [4.78, 5) is 14.2. The Kier molecular flexibility index (Phi) is 4.88. The van der Waals surface area contributed by atoms with E-state index in [1.165, 1.54) is 5.56 Å². The number of benzene rings is 1. The van der Waals surface area contributed by atoms with Gasteiger partial charge in [0, 0.05) is 25.3 Å². The first-order valence-electron chi connectivity index (χ1n) is 7.72. The minimum absolute atomic E-state index is 0.618. The van der Waals surface area contributed by atoms with Gasteiger partial charge in [0.05, 0.1) is 0 Å². The first kappa shape index (κ1) is 15.8. The smallest absolute Gasteiger partial charge is 0.329 e.